The minimum absolute atomic E-state index is 0.0570. The number of carbonyl (C=O) groups is 1. The molecule has 0 aliphatic heterocycles. The molecule has 1 aliphatic rings. The lowest BCUT2D eigenvalue weighted by Gasteiger charge is -2.16. The number of H-pyrrole nitrogens is 1. The number of rotatable bonds is 5. The summed E-state index contributed by atoms with van der Waals surface area (Å²) in [5.74, 6) is 0.664. The second kappa shape index (κ2) is 6.72. The fourth-order valence-electron chi connectivity index (χ4n) is 3.33. The quantitative estimate of drug-likeness (QED) is 0.747. The summed E-state index contributed by atoms with van der Waals surface area (Å²) in [7, 11) is 1.81. The van der Waals surface area contributed by atoms with E-state index in [2.05, 4.69) is 9.97 Å². The minimum Gasteiger partial charge on any atom is -0.341 e. The first-order chi connectivity index (χ1) is 12.1. The van der Waals surface area contributed by atoms with Crippen LogP contribution >= 0.6 is 22.7 Å². The van der Waals surface area contributed by atoms with Gasteiger partial charge in [0.1, 0.15) is 10.7 Å². The highest BCUT2D eigenvalue weighted by atomic mass is 32.1. The number of aromatic amines is 1. The standard InChI is InChI=1S/C18H19N3O2S2/c1-21(9-11-7-8-24-10-11)15(22)6-5-14-19-17(23)16-12-3-2-4-13(12)25-18(16)20-14/h7-8,10H,2-6,9H2,1H3,(H,19,20,23). The third kappa shape index (κ3) is 3.26. The number of nitrogens with one attached hydrogen (secondary N) is 1. The molecule has 3 aromatic rings. The molecular weight excluding hydrogens is 354 g/mol. The highest BCUT2D eigenvalue weighted by Crippen LogP contribution is 2.34. The summed E-state index contributed by atoms with van der Waals surface area (Å²) >= 11 is 3.26. The van der Waals surface area contributed by atoms with Gasteiger partial charge in [-0.3, -0.25) is 9.59 Å². The normalized spacial score (nSPS) is 13.3. The van der Waals surface area contributed by atoms with E-state index in [0.29, 0.717) is 25.2 Å². The van der Waals surface area contributed by atoms with Crippen LogP contribution in [0.2, 0.25) is 0 Å². The van der Waals surface area contributed by atoms with Crippen molar-refractivity contribution >= 4 is 38.8 Å². The molecule has 3 aromatic heterocycles. The Hall–Kier alpha value is -1.99. The van der Waals surface area contributed by atoms with Gasteiger partial charge < -0.3 is 9.88 Å². The zero-order valence-electron chi connectivity index (χ0n) is 14.0. The minimum atomic E-state index is -0.0570. The molecule has 7 heteroatoms. The maximum atomic E-state index is 12.4. The van der Waals surface area contributed by atoms with E-state index in [-0.39, 0.29) is 11.5 Å². The Bertz CT molecular complexity index is 972. The average molecular weight is 374 g/mol. The SMILES string of the molecule is CN(Cc1ccsc1)C(=O)CCc1nc2sc3c(c2c(=O)[nH]1)CCC3. The molecule has 4 rings (SSSR count). The zero-order valence-corrected chi connectivity index (χ0v) is 15.6. The van der Waals surface area contributed by atoms with Crippen molar-refractivity contribution in [2.24, 2.45) is 0 Å². The molecule has 0 bridgehead atoms. The molecule has 0 saturated heterocycles. The fourth-order valence-corrected chi connectivity index (χ4v) is 5.27. The zero-order chi connectivity index (χ0) is 17.4. The molecule has 0 saturated carbocycles. The Kier molecular flexibility index (Phi) is 4.43. The van der Waals surface area contributed by atoms with Gasteiger partial charge in [0.05, 0.1) is 5.39 Å². The molecule has 130 valence electrons. The monoisotopic (exact) mass is 373 g/mol. The van der Waals surface area contributed by atoms with Gasteiger partial charge in [-0.1, -0.05) is 0 Å². The number of carbonyl (C=O) groups excluding carboxylic acids is 1. The van der Waals surface area contributed by atoms with Crippen LogP contribution in [-0.4, -0.2) is 27.8 Å². The number of aryl methyl sites for hydroxylation is 3. The Morgan fingerprint density at radius 1 is 1.40 bits per heavy atom. The van der Waals surface area contributed by atoms with Crippen LogP contribution in [0.1, 0.15) is 34.7 Å². The van der Waals surface area contributed by atoms with Crippen LogP contribution in [0.5, 0.6) is 0 Å². The summed E-state index contributed by atoms with van der Waals surface area (Å²) in [5.41, 5.74) is 2.27. The molecule has 3 heterocycles. The summed E-state index contributed by atoms with van der Waals surface area (Å²) in [6.07, 6.45) is 3.96. The van der Waals surface area contributed by atoms with Gasteiger partial charge >= 0.3 is 0 Å². The first-order valence-electron chi connectivity index (χ1n) is 8.40. The molecule has 1 amide bonds. The molecule has 1 aliphatic carbocycles. The highest BCUT2D eigenvalue weighted by molar-refractivity contribution is 7.18. The Balaban J connectivity index is 1.46. The molecule has 0 spiro atoms. The number of hydrogen-bond acceptors (Lipinski definition) is 5. The highest BCUT2D eigenvalue weighted by Gasteiger charge is 2.21. The van der Waals surface area contributed by atoms with Crippen LogP contribution in [0, 0.1) is 0 Å². The lowest BCUT2D eigenvalue weighted by Crippen LogP contribution is -2.26. The summed E-state index contributed by atoms with van der Waals surface area (Å²) in [4.78, 5) is 36.1. The third-order valence-electron chi connectivity index (χ3n) is 4.63. The number of hydrogen-bond donors (Lipinski definition) is 1. The maximum absolute atomic E-state index is 12.4. The number of aromatic nitrogens is 2. The molecule has 0 fully saturated rings. The summed E-state index contributed by atoms with van der Waals surface area (Å²) in [6.45, 7) is 0.614. The predicted octanol–water partition coefficient (Wildman–Crippen LogP) is 3.13. The van der Waals surface area contributed by atoms with Crippen molar-refractivity contribution in [2.45, 2.75) is 38.6 Å². The van der Waals surface area contributed by atoms with E-state index < -0.39 is 0 Å². The molecule has 0 atom stereocenters. The smallest absolute Gasteiger partial charge is 0.259 e. The van der Waals surface area contributed by atoms with Crippen molar-refractivity contribution < 1.29 is 4.79 Å². The van der Waals surface area contributed by atoms with Gasteiger partial charge in [-0.05, 0) is 47.2 Å². The summed E-state index contributed by atoms with van der Waals surface area (Å²) < 4.78 is 0. The van der Waals surface area contributed by atoms with Crippen LogP contribution in [0.3, 0.4) is 0 Å². The van der Waals surface area contributed by atoms with Gasteiger partial charge in [-0.25, -0.2) is 4.98 Å². The molecule has 5 nitrogen and oxygen atoms in total. The predicted molar refractivity (Wildman–Crippen MR) is 101 cm³/mol. The number of nitrogens with zero attached hydrogens (tertiary/aromatic N) is 2. The van der Waals surface area contributed by atoms with Gasteiger partial charge in [0.15, 0.2) is 0 Å². The molecule has 0 radical (unpaired) electrons. The van der Waals surface area contributed by atoms with E-state index in [1.807, 2.05) is 23.9 Å². The Morgan fingerprint density at radius 3 is 3.08 bits per heavy atom. The molecule has 1 N–H and O–H groups in total. The van der Waals surface area contributed by atoms with Gasteiger partial charge in [-0.2, -0.15) is 11.3 Å². The van der Waals surface area contributed by atoms with Crippen LogP contribution in [-0.2, 0) is 30.6 Å². The van der Waals surface area contributed by atoms with Crippen LogP contribution in [0.15, 0.2) is 21.6 Å². The maximum Gasteiger partial charge on any atom is 0.259 e. The van der Waals surface area contributed by atoms with Gasteiger partial charge in [0, 0.05) is 31.3 Å². The number of fused-ring (bicyclic) bond motifs is 3. The van der Waals surface area contributed by atoms with Crippen LogP contribution in [0.25, 0.3) is 10.2 Å². The first-order valence-corrected chi connectivity index (χ1v) is 10.2. The van der Waals surface area contributed by atoms with Crippen molar-refractivity contribution in [3.63, 3.8) is 0 Å². The van der Waals surface area contributed by atoms with Crippen molar-refractivity contribution in [1.29, 1.82) is 0 Å². The third-order valence-corrected chi connectivity index (χ3v) is 6.54. The van der Waals surface area contributed by atoms with E-state index in [4.69, 9.17) is 0 Å². The lowest BCUT2D eigenvalue weighted by molar-refractivity contribution is -0.130. The van der Waals surface area contributed by atoms with Crippen LogP contribution < -0.4 is 5.56 Å². The molecule has 25 heavy (non-hydrogen) atoms. The van der Waals surface area contributed by atoms with E-state index in [0.717, 1.165) is 35.0 Å². The van der Waals surface area contributed by atoms with Crippen molar-refractivity contribution in [2.75, 3.05) is 7.05 Å². The largest absolute Gasteiger partial charge is 0.341 e. The lowest BCUT2D eigenvalue weighted by atomic mass is 10.2. The van der Waals surface area contributed by atoms with Crippen molar-refractivity contribution in [3.8, 4) is 0 Å². The van der Waals surface area contributed by atoms with Gasteiger partial charge in [0.2, 0.25) is 5.91 Å². The molecular formula is C18H19N3O2S2. The van der Waals surface area contributed by atoms with Gasteiger partial charge in [0.25, 0.3) is 5.56 Å². The fraction of sp³-hybridized carbons (Fsp3) is 0.389. The van der Waals surface area contributed by atoms with Crippen molar-refractivity contribution in [1.82, 2.24) is 14.9 Å². The molecule has 0 unspecified atom stereocenters. The van der Waals surface area contributed by atoms with E-state index in [1.165, 1.54) is 10.4 Å². The number of thiophene rings is 2. The first kappa shape index (κ1) is 16.5. The topological polar surface area (TPSA) is 66.1 Å². The van der Waals surface area contributed by atoms with E-state index in [9.17, 15) is 9.59 Å². The van der Waals surface area contributed by atoms with Gasteiger partial charge in [-0.15, -0.1) is 11.3 Å². The van der Waals surface area contributed by atoms with E-state index in [1.54, 1.807) is 27.6 Å². The van der Waals surface area contributed by atoms with Crippen LogP contribution in [0.4, 0.5) is 0 Å². The molecule has 0 aromatic carbocycles. The van der Waals surface area contributed by atoms with Crippen molar-refractivity contribution in [3.05, 3.63) is 49.0 Å². The number of amides is 1. The second-order valence-electron chi connectivity index (χ2n) is 6.43. The van der Waals surface area contributed by atoms with E-state index >= 15 is 0 Å². The Labute approximate surface area is 153 Å². The second-order valence-corrected chi connectivity index (χ2v) is 8.30. The average Bonchev–Trinajstić information content (AvgIpc) is 3.29. The summed E-state index contributed by atoms with van der Waals surface area (Å²) in [5, 5.41) is 4.82. The summed E-state index contributed by atoms with van der Waals surface area (Å²) in [6, 6.07) is 2.03. The Morgan fingerprint density at radius 2 is 2.28 bits per heavy atom.